The quantitative estimate of drug-likeness (QED) is 0.325. The van der Waals surface area contributed by atoms with E-state index in [2.05, 4.69) is 10.1 Å². The fraction of sp³-hybridized carbons (Fsp3) is 0.192. The largest absolute Gasteiger partial charge is 0.497 e. The number of ether oxygens (including phenoxy) is 2. The summed E-state index contributed by atoms with van der Waals surface area (Å²) in [5.41, 5.74) is 3.10. The molecule has 2 aromatic heterocycles. The Kier molecular flexibility index (Phi) is 5.94. The van der Waals surface area contributed by atoms with Crippen LogP contribution in [0.2, 0.25) is 5.15 Å². The number of hydrogen-bond acceptors (Lipinski definition) is 6. The Morgan fingerprint density at radius 2 is 1.94 bits per heavy atom. The number of hydrazone groups is 1. The Bertz CT molecular complexity index is 1370. The number of amides is 1. The highest BCUT2D eigenvalue weighted by Crippen LogP contribution is 2.38. The molecule has 1 aliphatic heterocycles. The molecule has 0 radical (unpaired) electrons. The lowest BCUT2D eigenvalue weighted by Crippen LogP contribution is -2.27. The van der Waals surface area contributed by atoms with E-state index in [9.17, 15) is 4.79 Å². The van der Waals surface area contributed by atoms with Crippen molar-refractivity contribution in [3.8, 4) is 11.5 Å². The number of pyridine rings is 1. The zero-order valence-corrected chi connectivity index (χ0v) is 19.5. The van der Waals surface area contributed by atoms with Gasteiger partial charge in [-0.15, -0.1) is 0 Å². The van der Waals surface area contributed by atoms with Crippen molar-refractivity contribution in [2.45, 2.75) is 19.4 Å². The summed E-state index contributed by atoms with van der Waals surface area (Å²) in [6, 6.07) is 18.0. The number of fused-ring (bicyclic) bond motifs is 1. The summed E-state index contributed by atoms with van der Waals surface area (Å²) in [7, 11) is 1.62. The van der Waals surface area contributed by atoms with Crippen LogP contribution < -0.4 is 9.47 Å². The number of carbonyl (C=O) groups is 1. The molecule has 7 nitrogen and oxygen atoms in total. The Hall–Kier alpha value is -3.84. The van der Waals surface area contributed by atoms with E-state index in [1.165, 1.54) is 11.3 Å². The predicted molar refractivity (Wildman–Crippen MR) is 130 cm³/mol. The summed E-state index contributed by atoms with van der Waals surface area (Å²) in [6.45, 7) is 2.50. The molecule has 0 saturated carbocycles. The summed E-state index contributed by atoms with van der Waals surface area (Å²) in [4.78, 5) is 17.9. The second kappa shape index (κ2) is 9.19. The molecule has 1 aliphatic rings. The molecule has 172 valence electrons. The molecular weight excluding hydrogens is 454 g/mol. The molecule has 2 aromatic carbocycles. The second-order valence-electron chi connectivity index (χ2n) is 7.78. The first-order valence-corrected chi connectivity index (χ1v) is 11.3. The number of hydrogen-bond donors (Lipinski definition) is 0. The van der Waals surface area contributed by atoms with Crippen molar-refractivity contribution < 1.29 is 18.7 Å². The van der Waals surface area contributed by atoms with E-state index in [-0.39, 0.29) is 11.7 Å². The van der Waals surface area contributed by atoms with Gasteiger partial charge in [0.2, 0.25) is 0 Å². The maximum Gasteiger partial charge on any atom is 0.310 e. The summed E-state index contributed by atoms with van der Waals surface area (Å²) < 4.78 is 16.3. The van der Waals surface area contributed by atoms with Gasteiger partial charge < -0.3 is 13.9 Å². The van der Waals surface area contributed by atoms with E-state index in [1.807, 2.05) is 55.5 Å². The van der Waals surface area contributed by atoms with Crippen LogP contribution in [-0.2, 0) is 0 Å². The molecule has 5 rings (SSSR count). The molecular formula is C26H22ClN3O4. The zero-order valence-electron chi connectivity index (χ0n) is 18.7. The van der Waals surface area contributed by atoms with Crippen LogP contribution in [0.4, 0.5) is 0 Å². The van der Waals surface area contributed by atoms with E-state index in [4.69, 9.17) is 25.5 Å². The van der Waals surface area contributed by atoms with Gasteiger partial charge >= 0.3 is 5.91 Å². The van der Waals surface area contributed by atoms with Crippen molar-refractivity contribution in [3.63, 3.8) is 0 Å². The zero-order chi connectivity index (χ0) is 23.7. The van der Waals surface area contributed by atoms with Gasteiger partial charge in [-0.25, -0.2) is 9.99 Å². The van der Waals surface area contributed by atoms with Gasteiger partial charge in [0.1, 0.15) is 16.7 Å². The second-order valence-corrected chi connectivity index (χ2v) is 8.14. The molecule has 0 aliphatic carbocycles. The predicted octanol–water partition coefficient (Wildman–Crippen LogP) is 5.88. The van der Waals surface area contributed by atoms with Crippen LogP contribution in [0.15, 0.2) is 76.4 Å². The van der Waals surface area contributed by atoms with Crippen molar-refractivity contribution in [1.29, 1.82) is 0 Å². The number of benzene rings is 2. The number of furan rings is 1. The standard InChI is InChI=1S/C26H22ClN3O4/c1-3-33-19-10-11-21-17(13-19)14-20(25(27)28-21)23-15-22(16-6-8-18(32-2)9-7-16)29-30(23)26(31)24-5-4-12-34-24/h4-14,23H,3,15H2,1-2H3. The molecule has 0 saturated heterocycles. The fourth-order valence-corrected chi connectivity index (χ4v) is 4.32. The van der Waals surface area contributed by atoms with Gasteiger partial charge in [-0.3, -0.25) is 4.79 Å². The molecule has 0 N–H and O–H groups in total. The molecule has 0 bridgehead atoms. The highest BCUT2D eigenvalue weighted by molar-refractivity contribution is 6.30. The maximum absolute atomic E-state index is 13.3. The Morgan fingerprint density at radius 3 is 2.65 bits per heavy atom. The van der Waals surface area contributed by atoms with Crippen molar-refractivity contribution >= 4 is 34.1 Å². The van der Waals surface area contributed by atoms with Gasteiger partial charge in [0.05, 0.1) is 37.3 Å². The number of nitrogens with zero attached hydrogens (tertiary/aromatic N) is 3. The number of carbonyl (C=O) groups excluding carboxylic acids is 1. The summed E-state index contributed by atoms with van der Waals surface area (Å²) in [6.07, 6.45) is 1.93. The minimum Gasteiger partial charge on any atom is -0.497 e. The van der Waals surface area contributed by atoms with Gasteiger partial charge in [-0.2, -0.15) is 5.10 Å². The van der Waals surface area contributed by atoms with Crippen molar-refractivity contribution in [3.05, 3.63) is 89.0 Å². The average Bonchev–Trinajstić information content (AvgIpc) is 3.54. The topological polar surface area (TPSA) is 77.2 Å². The van der Waals surface area contributed by atoms with Crippen molar-refractivity contribution in [2.24, 2.45) is 5.10 Å². The average molecular weight is 476 g/mol. The monoisotopic (exact) mass is 475 g/mol. The Labute approximate surface area is 201 Å². The van der Waals surface area contributed by atoms with E-state index >= 15 is 0 Å². The smallest absolute Gasteiger partial charge is 0.310 e. The number of rotatable bonds is 6. The van der Waals surface area contributed by atoms with Gasteiger partial charge in [0.15, 0.2) is 5.76 Å². The van der Waals surface area contributed by atoms with Gasteiger partial charge in [0, 0.05) is 17.4 Å². The van der Waals surface area contributed by atoms with Crippen molar-refractivity contribution in [2.75, 3.05) is 13.7 Å². The van der Waals surface area contributed by atoms with E-state index < -0.39 is 6.04 Å². The molecule has 0 spiro atoms. The normalized spacial score (nSPS) is 15.4. The third-order valence-corrected chi connectivity index (χ3v) is 6.01. The summed E-state index contributed by atoms with van der Waals surface area (Å²) in [5, 5.41) is 7.31. The highest BCUT2D eigenvalue weighted by atomic mass is 35.5. The molecule has 1 unspecified atom stereocenters. The Balaban J connectivity index is 1.57. The number of halogens is 1. The minimum atomic E-state index is -0.449. The summed E-state index contributed by atoms with van der Waals surface area (Å²) in [5.74, 6) is 1.34. The first-order chi connectivity index (χ1) is 16.6. The minimum absolute atomic E-state index is 0.202. The van der Waals surface area contributed by atoms with Gasteiger partial charge in [-0.1, -0.05) is 11.6 Å². The molecule has 3 heterocycles. The van der Waals surface area contributed by atoms with Crippen LogP contribution in [0.1, 0.15) is 41.1 Å². The van der Waals surface area contributed by atoms with E-state index in [0.717, 1.165) is 33.7 Å². The Morgan fingerprint density at radius 1 is 1.15 bits per heavy atom. The first kappa shape index (κ1) is 22.0. The lowest BCUT2D eigenvalue weighted by atomic mass is 9.98. The number of methoxy groups -OCH3 is 1. The third-order valence-electron chi connectivity index (χ3n) is 5.71. The van der Waals surface area contributed by atoms with Crippen LogP contribution >= 0.6 is 11.6 Å². The molecule has 4 aromatic rings. The maximum atomic E-state index is 13.3. The molecule has 0 fully saturated rings. The third kappa shape index (κ3) is 4.10. The number of aromatic nitrogens is 1. The SMILES string of the molecule is CCOc1ccc2nc(Cl)c(C3CC(c4ccc(OC)cc4)=NN3C(=O)c3ccco3)cc2c1. The molecule has 1 atom stereocenters. The molecule has 34 heavy (non-hydrogen) atoms. The van der Waals surface area contributed by atoms with Crippen LogP contribution in [-0.4, -0.2) is 35.3 Å². The van der Waals surface area contributed by atoms with Gasteiger partial charge in [0.25, 0.3) is 0 Å². The lowest BCUT2D eigenvalue weighted by molar-refractivity contribution is 0.0678. The van der Waals surface area contributed by atoms with Crippen LogP contribution in [0.25, 0.3) is 10.9 Å². The molecule has 8 heteroatoms. The van der Waals surface area contributed by atoms with Gasteiger partial charge in [-0.05, 0) is 73.2 Å². The highest BCUT2D eigenvalue weighted by Gasteiger charge is 2.36. The van der Waals surface area contributed by atoms with Crippen molar-refractivity contribution in [1.82, 2.24) is 9.99 Å². The van der Waals surface area contributed by atoms with Crippen LogP contribution in [0.3, 0.4) is 0 Å². The summed E-state index contributed by atoms with van der Waals surface area (Å²) >= 11 is 6.64. The van der Waals surface area contributed by atoms with Crippen LogP contribution in [0, 0.1) is 0 Å². The van der Waals surface area contributed by atoms with E-state index in [1.54, 1.807) is 19.2 Å². The van der Waals surface area contributed by atoms with E-state index in [0.29, 0.717) is 23.7 Å². The molecule has 1 amide bonds. The lowest BCUT2D eigenvalue weighted by Gasteiger charge is -2.22. The first-order valence-electron chi connectivity index (χ1n) is 10.9. The fourth-order valence-electron chi connectivity index (χ4n) is 4.05. The van der Waals surface area contributed by atoms with Crippen LogP contribution in [0.5, 0.6) is 11.5 Å².